The molecule has 4 heteroatoms. The molecule has 0 aromatic heterocycles. The van der Waals surface area contributed by atoms with Crippen molar-refractivity contribution in [3.63, 3.8) is 0 Å². The minimum Gasteiger partial charge on any atom is -0.372 e. The van der Waals surface area contributed by atoms with E-state index in [1.807, 2.05) is 37.3 Å². The summed E-state index contributed by atoms with van der Waals surface area (Å²) in [4.78, 5) is 26.2. The Balaban J connectivity index is 1.81. The molecule has 0 saturated carbocycles. The third-order valence-electron chi connectivity index (χ3n) is 4.16. The maximum Gasteiger partial charge on any atom is 0.248 e. The average Bonchev–Trinajstić information content (AvgIpc) is 2.58. The highest BCUT2D eigenvalue weighted by Crippen LogP contribution is 2.19. The van der Waals surface area contributed by atoms with Gasteiger partial charge in [-0.15, -0.1) is 0 Å². The molecule has 120 valence electrons. The molecule has 1 heterocycles. The van der Waals surface area contributed by atoms with Crippen LogP contribution in [0.1, 0.15) is 31.7 Å². The maximum absolute atomic E-state index is 12.4. The molecular weight excluding hydrogens is 278 g/mol. The summed E-state index contributed by atoms with van der Waals surface area (Å²) in [6, 6.07) is 10.1. The van der Waals surface area contributed by atoms with E-state index >= 15 is 0 Å². The van der Waals surface area contributed by atoms with Crippen molar-refractivity contribution in [3.05, 3.63) is 35.9 Å². The van der Waals surface area contributed by atoms with Crippen molar-refractivity contribution in [1.29, 1.82) is 0 Å². The van der Waals surface area contributed by atoms with Gasteiger partial charge in [0.15, 0.2) is 0 Å². The number of rotatable bonds is 7. The van der Waals surface area contributed by atoms with Crippen LogP contribution in [0.25, 0.3) is 0 Å². The first-order valence-corrected chi connectivity index (χ1v) is 8.13. The average molecular weight is 303 g/mol. The minimum absolute atomic E-state index is 0.00223. The number of amides is 1. The first kappa shape index (κ1) is 16.7. The molecule has 0 radical (unpaired) electrons. The second kappa shape index (κ2) is 8.69. The number of carbonyl (C=O) groups excluding carboxylic acids is 2. The summed E-state index contributed by atoms with van der Waals surface area (Å²) in [6.45, 7) is 3.84. The summed E-state index contributed by atoms with van der Waals surface area (Å²) in [5.41, 5.74) is 1.19. The lowest BCUT2D eigenvalue weighted by Crippen LogP contribution is -2.43. The third-order valence-corrected chi connectivity index (χ3v) is 4.16. The number of hydrogen-bond donors (Lipinski definition) is 0. The van der Waals surface area contributed by atoms with Gasteiger partial charge in [-0.2, -0.15) is 0 Å². The lowest BCUT2D eigenvalue weighted by molar-refractivity contribution is -0.139. The van der Waals surface area contributed by atoms with E-state index in [9.17, 15) is 9.59 Å². The number of nitrogens with zero attached hydrogens (tertiary/aromatic N) is 1. The molecule has 1 amide bonds. The van der Waals surface area contributed by atoms with Crippen LogP contribution in [0.3, 0.4) is 0 Å². The highest BCUT2D eigenvalue weighted by atomic mass is 16.5. The Morgan fingerprint density at radius 1 is 1.27 bits per heavy atom. The molecule has 0 aliphatic carbocycles. The van der Waals surface area contributed by atoms with E-state index in [0.717, 1.165) is 25.8 Å². The van der Waals surface area contributed by atoms with Gasteiger partial charge < -0.3 is 9.64 Å². The van der Waals surface area contributed by atoms with Gasteiger partial charge in [0, 0.05) is 32.0 Å². The largest absolute Gasteiger partial charge is 0.372 e. The fourth-order valence-electron chi connectivity index (χ4n) is 2.86. The number of aryl methyl sites for hydroxylation is 1. The topological polar surface area (TPSA) is 46.6 Å². The Morgan fingerprint density at radius 3 is 2.77 bits per heavy atom. The van der Waals surface area contributed by atoms with Gasteiger partial charge in [-0.1, -0.05) is 30.3 Å². The second-order valence-electron chi connectivity index (χ2n) is 5.77. The predicted molar refractivity (Wildman–Crippen MR) is 85.6 cm³/mol. The van der Waals surface area contributed by atoms with Gasteiger partial charge >= 0.3 is 0 Å². The molecule has 0 bridgehead atoms. The van der Waals surface area contributed by atoms with Gasteiger partial charge in [-0.3, -0.25) is 9.59 Å². The van der Waals surface area contributed by atoms with Crippen LogP contribution in [0.2, 0.25) is 0 Å². The zero-order valence-electron chi connectivity index (χ0n) is 13.3. The number of benzene rings is 1. The molecule has 0 spiro atoms. The Hall–Kier alpha value is -1.68. The van der Waals surface area contributed by atoms with Crippen molar-refractivity contribution in [1.82, 2.24) is 4.90 Å². The van der Waals surface area contributed by atoms with Gasteiger partial charge in [0.1, 0.15) is 12.4 Å². The van der Waals surface area contributed by atoms with Crippen LogP contribution in [0.5, 0.6) is 0 Å². The Morgan fingerprint density at radius 2 is 2.05 bits per heavy atom. The third kappa shape index (κ3) is 4.95. The van der Waals surface area contributed by atoms with Gasteiger partial charge in [0.05, 0.1) is 0 Å². The summed E-state index contributed by atoms with van der Waals surface area (Å²) >= 11 is 0. The minimum atomic E-state index is -0.0111. The van der Waals surface area contributed by atoms with Crippen LogP contribution < -0.4 is 0 Å². The normalized spacial score (nSPS) is 18.2. The molecule has 0 unspecified atom stereocenters. The van der Waals surface area contributed by atoms with Crippen LogP contribution in [0, 0.1) is 5.92 Å². The van der Waals surface area contributed by atoms with Gasteiger partial charge in [0.2, 0.25) is 5.91 Å². The molecule has 1 fully saturated rings. The molecule has 0 N–H and O–H groups in total. The van der Waals surface area contributed by atoms with Crippen molar-refractivity contribution >= 4 is 11.7 Å². The number of piperidine rings is 1. The van der Waals surface area contributed by atoms with Crippen molar-refractivity contribution in [2.75, 3.05) is 26.3 Å². The quantitative estimate of drug-likeness (QED) is 0.777. The number of hydrogen-bond acceptors (Lipinski definition) is 3. The number of Topliss-reactive ketones (excluding diaryl/α,β-unsaturated/α-hetero) is 1. The lowest BCUT2D eigenvalue weighted by Gasteiger charge is -2.32. The standard InChI is InChI=1S/C18H25NO3/c1-2-22-14-18(21)19-12-6-9-16(13-19)17(20)11-10-15-7-4-3-5-8-15/h3-5,7-8,16H,2,6,9-14H2,1H3/t16-/m1/s1. The number of ether oxygens (including phenoxy) is 1. The molecule has 1 saturated heterocycles. The van der Waals surface area contributed by atoms with E-state index in [1.54, 1.807) is 4.90 Å². The summed E-state index contributed by atoms with van der Waals surface area (Å²) < 4.78 is 5.17. The fraction of sp³-hybridized carbons (Fsp3) is 0.556. The SMILES string of the molecule is CCOCC(=O)N1CCC[C@@H](C(=O)CCc2ccccc2)C1. The molecule has 1 aliphatic heterocycles. The highest BCUT2D eigenvalue weighted by molar-refractivity contribution is 5.83. The summed E-state index contributed by atoms with van der Waals surface area (Å²) in [7, 11) is 0. The van der Waals surface area contributed by atoms with E-state index in [1.165, 1.54) is 5.56 Å². The number of carbonyl (C=O) groups is 2. The summed E-state index contributed by atoms with van der Waals surface area (Å²) in [6.07, 6.45) is 3.14. The van der Waals surface area contributed by atoms with Crippen LogP contribution in [-0.4, -0.2) is 42.9 Å². The summed E-state index contributed by atoms with van der Waals surface area (Å²) in [5.74, 6) is 0.267. The Labute approximate surface area is 132 Å². The molecule has 2 rings (SSSR count). The van der Waals surface area contributed by atoms with Gasteiger partial charge in [-0.25, -0.2) is 0 Å². The molecule has 1 aliphatic rings. The van der Waals surface area contributed by atoms with Crippen molar-refractivity contribution < 1.29 is 14.3 Å². The lowest BCUT2D eigenvalue weighted by atomic mass is 9.90. The zero-order chi connectivity index (χ0) is 15.8. The molecule has 1 aromatic rings. The molecule has 22 heavy (non-hydrogen) atoms. The number of likely N-dealkylation sites (tertiary alicyclic amines) is 1. The van der Waals surface area contributed by atoms with Crippen molar-refractivity contribution in [2.45, 2.75) is 32.6 Å². The Kier molecular flexibility index (Phi) is 6.59. The smallest absolute Gasteiger partial charge is 0.248 e. The van der Waals surface area contributed by atoms with Gasteiger partial charge in [0.25, 0.3) is 0 Å². The monoisotopic (exact) mass is 303 g/mol. The van der Waals surface area contributed by atoms with Crippen LogP contribution in [-0.2, 0) is 20.7 Å². The van der Waals surface area contributed by atoms with Crippen LogP contribution >= 0.6 is 0 Å². The summed E-state index contributed by atoms with van der Waals surface area (Å²) in [5, 5.41) is 0. The van der Waals surface area contributed by atoms with E-state index in [2.05, 4.69) is 0 Å². The highest BCUT2D eigenvalue weighted by Gasteiger charge is 2.27. The molecule has 1 aromatic carbocycles. The first-order valence-electron chi connectivity index (χ1n) is 8.13. The molecule has 1 atom stereocenters. The molecule has 4 nitrogen and oxygen atoms in total. The van der Waals surface area contributed by atoms with Crippen molar-refractivity contribution in [2.24, 2.45) is 5.92 Å². The fourth-order valence-corrected chi connectivity index (χ4v) is 2.86. The van der Waals surface area contributed by atoms with Crippen LogP contribution in [0.15, 0.2) is 30.3 Å². The van der Waals surface area contributed by atoms with E-state index < -0.39 is 0 Å². The van der Waals surface area contributed by atoms with E-state index in [-0.39, 0.29) is 24.2 Å². The predicted octanol–water partition coefficient (Wildman–Crippen LogP) is 2.46. The first-order chi connectivity index (χ1) is 10.7. The van der Waals surface area contributed by atoms with E-state index in [4.69, 9.17) is 4.74 Å². The van der Waals surface area contributed by atoms with Gasteiger partial charge in [-0.05, 0) is 31.7 Å². The molecular formula is C18H25NO3. The van der Waals surface area contributed by atoms with Crippen molar-refractivity contribution in [3.8, 4) is 0 Å². The van der Waals surface area contributed by atoms with E-state index in [0.29, 0.717) is 19.6 Å². The Bertz CT molecular complexity index is 486. The van der Waals surface area contributed by atoms with Crippen LogP contribution in [0.4, 0.5) is 0 Å². The second-order valence-corrected chi connectivity index (χ2v) is 5.77. The zero-order valence-corrected chi connectivity index (χ0v) is 13.3. The number of ketones is 1. The maximum atomic E-state index is 12.4.